The summed E-state index contributed by atoms with van der Waals surface area (Å²) in [6.07, 6.45) is 0.191. The number of amides is 4. The summed E-state index contributed by atoms with van der Waals surface area (Å²) in [4.78, 5) is 51.4. The molecule has 178 valence electrons. The number of carbonyl (C=O) groups excluding carboxylic acids is 4. The Kier molecular flexibility index (Phi) is 6.29. The van der Waals surface area contributed by atoms with E-state index in [0.717, 1.165) is 12.1 Å². The van der Waals surface area contributed by atoms with E-state index >= 15 is 0 Å². The van der Waals surface area contributed by atoms with Crippen molar-refractivity contribution in [3.63, 3.8) is 0 Å². The molecule has 0 bridgehead atoms. The molecule has 0 radical (unpaired) electrons. The zero-order valence-corrected chi connectivity index (χ0v) is 20.1. The first-order valence-electron chi connectivity index (χ1n) is 11.1. The van der Waals surface area contributed by atoms with Crippen molar-refractivity contribution < 1.29 is 28.0 Å². The second-order valence-corrected chi connectivity index (χ2v) is 9.72. The summed E-state index contributed by atoms with van der Waals surface area (Å²) in [5.74, 6) is -7.71. The Morgan fingerprint density at radius 1 is 1.20 bits per heavy atom. The van der Waals surface area contributed by atoms with Crippen molar-refractivity contribution in [1.29, 1.82) is 0 Å². The molecule has 0 aliphatic carbocycles. The van der Waals surface area contributed by atoms with Crippen molar-refractivity contribution >= 4 is 58.8 Å². The van der Waals surface area contributed by atoms with Gasteiger partial charge in [-0.05, 0) is 35.7 Å². The van der Waals surface area contributed by atoms with Gasteiger partial charge >= 0.3 is 5.92 Å². The first-order chi connectivity index (χ1) is 16.3. The molecule has 35 heavy (non-hydrogen) atoms. The lowest BCUT2D eigenvalue weighted by molar-refractivity contribution is -0.147. The average molecular weight is 497 g/mol. The number of imide groups is 1. The van der Waals surface area contributed by atoms with Crippen molar-refractivity contribution in [3.05, 3.63) is 69.7 Å². The highest BCUT2D eigenvalue weighted by Crippen LogP contribution is 2.36. The van der Waals surface area contributed by atoms with E-state index < -0.39 is 40.5 Å². The van der Waals surface area contributed by atoms with Crippen LogP contribution < -0.4 is 10.6 Å². The Morgan fingerprint density at radius 3 is 2.51 bits per heavy atom. The quantitative estimate of drug-likeness (QED) is 0.436. The van der Waals surface area contributed by atoms with Gasteiger partial charge < -0.3 is 10.2 Å². The van der Waals surface area contributed by atoms with E-state index in [9.17, 15) is 28.0 Å². The van der Waals surface area contributed by atoms with Gasteiger partial charge in [-0.2, -0.15) is 8.78 Å². The average Bonchev–Trinajstić information content (AvgIpc) is 3.14. The van der Waals surface area contributed by atoms with E-state index in [2.05, 4.69) is 10.6 Å². The second-order valence-electron chi connectivity index (χ2n) is 9.28. The van der Waals surface area contributed by atoms with Crippen LogP contribution in [0.2, 0.25) is 10.8 Å². The number of halogens is 3. The van der Waals surface area contributed by atoms with Crippen molar-refractivity contribution in [1.82, 2.24) is 15.5 Å². The van der Waals surface area contributed by atoms with Crippen LogP contribution in [-0.4, -0.2) is 57.5 Å². The third-order valence-corrected chi connectivity index (χ3v) is 7.00. The Morgan fingerprint density at radius 2 is 1.86 bits per heavy atom. The number of nitrogens with zero attached hydrogens (tertiary/aromatic N) is 1. The molecule has 1 fully saturated rings. The fourth-order valence-corrected chi connectivity index (χ4v) is 4.68. The molecular weight excluding hydrogens is 476 g/mol. The van der Waals surface area contributed by atoms with E-state index in [-0.39, 0.29) is 29.8 Å². The van der Waals surface area contributed by atoms with Crippen LogP contribution in [0.15, 0.2) is 42.5 Å². The third-order valence-electron chi connectivity index (χ3n) is 6.75. The van der Waals surface area contributed by atoms with E-state index in [4.69, 9.17) is 11.6 Å². The minimum Gasteiger partial charge on any atom is -0.352 e. The minimum absolute atomic E-state index is 0.119. The van der Waals surface area contributed by atoms with E-state index in [1.807, 2.05) is 0 Å². The maximum atomic E-state index is 14.7. The zero-order valence-electron chi connectivity index (χ0n) is 19.3. The van der Waals surface area contributed by atoms with Crippen LogP contribution in [0, 0.1) is 0 Å². The first-order valence-corrected chi connectivity index (χ1v) is 11.5. The fourth-order valence-electron chi connectivity index (χ4n) is 4.55. The number of piperidine rings is 1. The molecule has 0 aromatic heterocycles. The standard InChI is InChI=1S/C22H21B3ClF2N3O4/c23-15-8-21(25,19(34)30-17(15)32)31-9-11-7-10(1-6-14(11)18(31)33)16(24)29-20(35)22(27,28)12-2-4-13(26)5-3-12/h1-7,15-16H,8-9,23-25H2,(H,29,35)(H,30,32,34)/t15?,16?,21-/m1/s1. The molecule has 13 heteroatoms. The highest BCUT2D eigenvalue weighted by molar-refractivity contribution is 6.36. The Labute approximate surface area is 208 Å². The fraction of sp³-hybridized carbons (Fsp3) is 0.273. The van der Waals surface area contributed by atoms with Gasteiger partial charge in [-0.3, -0.25) is 24.5 Å². The normalized spacial score (nSPS) is 23.0. The smallest absolute Gasteiger partial charge is 0.349 e. The Bertz CT molecular complexity index is 1250. The van der Waals surface area contributed by atoms with Crippen molar-refractivity contribution in [3.8, 4) is 0 Å². The molecule has 4 rings (SSSR count). The maximum absolute atomic E-state index is 14.7. The number of alkyl halides is 2. The lowest BCUT2D eigenvalue weighted by Gasteiger charge is -2.42. The van der Waals surface area contributed by atoms with E-state index in [1.165, 1.54) is 17.0 Å². The molecule has 1 saturated heterocycles. The zero-order chi connectivity index (χ0) is 25.7. The van der Waals surface area contributed by atoms with E-state index in [0.29, 0.717) is 16.7 Å². The second kappa shape index (κ2) is 8.82. The molecule has 2 N–H and O–H groups in total. The number of carbonyl (C=O) groups is 4. The summed E-state index contributed by atoms with van der Waals surface area (Å²) >= 11 is 5.74. The highest BCUT2D eigenvalue weighted by atomic mass is 35.5. The van der Waals surface area contributed by atoms with Gasteiger partial charge in [-0.25, -0.2) is 0 Å². The van der Waals surface area contributed by atoms with Crippen molar-refractivity contribution in [2.24, 2.45) is 0 Å². The van der Waals surface area contributed by atoms with Gasteiger partial charge in [0, 0.05) is 34.5 Å². The van der Waals surface area contributed by atoms with Gasteiger partial charge in [0.2, 0.25) is 11.8 Å². The summed E-state index contributed by atoms with van der Waals surface area (Å²) in [5.41, 5.74) is -0.160. The van der Waals surface area contributed by atoms with Crippen LogP contribution in [0.5, 0.6) is 0 Å². The molecule has 3 atom stereocenters. The molecule has 2 aliphatic rings. The van der Waals surface area contributed by atoms with Gasteiger partial charge in [-0.1, -0.05) is 35.9 Å². The van der Waals surface area contributed by atoms with Crippen LogP contribution in [0.4, 0.5) is 8.78 Å². The molecule has 2 unspecified atom stereocenters. The molecular formula is C22H21B3ClF2N3O4. The van der Waals surface area contributed by atoms with Gasteiger partial charge in [0.25, 0.3) is 11.8 Å². The van der Waals surface area contributed by atoms with Crippen LogP contribution in [-0.2, 0) is 26.9 Å². The lowest BCUT2D eigenvalue weighted by atomic mass is 9.62. The summed E-state index contributed by atoms with van der Waals surface area (Å²) < 4.78 is 29.3. The predicted octanol–water partition coefficient (Wildman–Crippen LogP) is -0.367. The van der Waals surface area contributed by atoms with Crippen LogP contribution in [0.1, 0.15) is 39.4 Å². The molecule has 2 aromatic carbocycles. The lowest BCUT2D eigenvalue weighted by Crippen LogP contribution is -2.64. The molecule has 0 spiro atoms. The topological polar surface area (TPSA) is 95.6 Å². The Hall–Kier alpha value is -3.14. The van der Waals surface area contributed by atoms with Crippen LogP contribution in [0.25, 0.3) is 0 Å². The summed E-state index contributed by atoms with van der Waals surface area (Å²) in [6.45, 7) is 0.119. The molecule has 2 aromatic rings. The number of hydrogen-bond acceptors (Lipinski definition) is 4. The summed E-state index contributed by atoms with van der Waals surface area (Å²) in [6, 6.07) is 9.57. The Balaban J connectivity index is 1.52. The SMILES string of the molecule is BC1C[C@@](B)(N2Cc3cc(C(B)NC(=O)C(F)(F)c4ccc(Cl)cc4)ccc3C2=O)C(=O)NC1=O. The number of rotatable bonds is 5. The number of fused-ring (bicyclic) bond motifs is 1. The highest BCUT2D eigenvalue weighted by Gasteiger charge is 2.50. The molecule has 2 heterocycles. The number of benzene rings is 2. The molecule has 4 amide bonds. The monoisotopic (exact) mass is 497 g/mol. The van der Waals surface area contributed by atoms with Gasteiger partial charge in [0.05, 0.1) is 5.44 Å². The van der Waals surface area contributed by atoms with E-state index in [1.54, 1.807) is 41.7 Å². The maximum Gasteiger partial charge on any atom is 0.349 e. The molecule has 7 nitrogen and oxygen atoms in total. The third kappa shape index (κ3) is 4.35. The minimum atomic E-state index is -3.76. The first kappa shape index (κ1) is 25.0. The molecule has 0 saturated carbocycles. The number of hydrogen-bond donors (Lipinski definition) is 2. The van der Waals surface area contributed by atoms with Crippen molar-refractivity contribution in [2.75, 3.05) is 0 Å². The molecule has 2 aliphatic heterocycles. The summed E-state index contributed by atoms with van der Waals surface area (Å²) in [7, 11) is 4.88. The van der Waals surface area contributed by atoms with Crippen LogP contribution in [0.3, 0.4) is 0 Å². The summed E-state index contributed by atoms with van der Waals surface area (Å²) in [5, 5.41) is 4.94. The largest absolute Gasteiger partial charge is 0.352 e. The van der Waals surface area contributed by atoms with Gasteiger partial charge in [0.15, 0.2) is 0 Å². The van der Waals surface area contributed by atoms with Gasteiger partial charge in [0.1, 0.15) is 23.5 Å². The van der Waals surface area contributed by atoms with Gasteiger partial charge in [-0.15, -0.1) is 0 Å². The van der Waals surface area contributed by atoms with Crippen LogP contribution >= 0.6 is 11.6 Å². The predicted molar refractivity (Wildman–Crippen MR) is 132 cm³/mol. The number of nitrogens with one attached hydrogen (secondary N) is 2. The van der Waals surface area contributed by atoms with Crippen molar-refractivity contribution in [2.45, 2.75) is 36.1 Å².